The number of aromatic nitrogens is 3. The molecule has 2 N–H and O–H groups in total. The van der Waals surface area contributed by atoms with E-state index in [4.69, 9.17) is 0 Å². The molecule has 0 unspecified atom stereocenters. The van der Waals surface area contributed by atoms with Gasteiger partial charge in [0.2, 0.25) is 5.95 Å². The van der Waals surface area contributed by atoms with Gasteiger partial charge in [-0.05, 0) is 35.9 Å². The zero-order valence-electron chi connectivity index (χ0n) is 12.1. The summed E-state index contributed by atoms with van der Waals surface area (Å²) >= 11 is 1.61. The van der Waals surface area contributed by atoms with Crippen molar-refractivity contribution in [2.24, 2.45) is 0 Å². The van der Waals surface area contributed by atoms with Crippen molar-refractivity contribution in [3.8, 4) is 10.6 Å². The van der Waals surface area contributed by atoms with Gasteiger partial charge < -0.3 is 10.3 Å². The number of halogens is 1. The SMILES string of the molecule is Fc1ccc(CNc2nc3ccc(-c4nccs4)cc3[nH]2)cc1. The molecule has 114 valence electrons. The third kappa shape index (κ3) is 2.93. The lowest BCUT2D eigenvalue weighted by molar-refractivity contribution is 0.627. The number of fused-ring (bicyclic) bond motifs is 1. The highest BCUT2D eigenvalue weighted by Gasteiger charge is 2.06. The summed E-state index contributed by atoms with van der Waals surface area (Å²) < 4.78 is 12.9. The number of anilines is 1. The quantitative estimate of drug-likeness (QED) is 0.583. The molecule has 2 aromatic heterocycles. The number of benzene rings is 2. The van der Waals surface area contributed by atoms with Crippen LogP contribution >= 0.6 is 11.3 Å². The Hall–Kier alpha value is -2.73. The maximum absolute atomic E-state index is 12.9. The highest BCUT2D eigenvalue weighted by molar-refractivity contribution is 7.13. The fraction of sp³-hybridized carbons (Fsp3) is 0.0588. The van der Waals surface area contributed by atoms with Crippen LogP contribution in [0.3, 0.4) is 0 Å². The fourth-order valence-electron chi connectivity index (χ4n) is 2.38. The molecule has 0 fully saturated rings. The summed E-state index contributed by atoms with van der Waals surface area (Å²) in [5.74, 6) is 0.466. The zero-order chi connectivity index (χ0) is 15.6. The molecule has 4 rings (SSSR count). The van der Waals surface area contributed by atoms with Crippen molar-refractivity contribution in [2.45, 2.75) is 6.54 Å². The second-order valence-corrected chi connectivity index (χ2v) is 6.03. The minimum Gasteiger partial charge on any atom is -0.352 e. The Kier molecular flexibility index (Phi) is 3.51. The summed E-state index contributed by atoms with van der Waals surface area (Å²) in [5.41, 5.74) is 3.92. The van der Waals surface area contributed by atoms with E-state index in [2.05, 4.69) is 20.3 Å². The van der Waals surface area contributed by atoms with Crippen LogP contribution in [0.4, 0.5) is 10.3 Å². The summed E-state index contributed by atoms with van der Waals surface area (Å²) in [4.78, 5) is 12.1. The van der Waals surface area contributed by atoms with Gasteiger partial charge in [-0.2, -0.15) is 0 Å². The van der Waals surface area contributed by atoms with E-state index in [1.165, 1.54) is 12.1 Å². The minimum absolute atomic E-state index is 0.229. The molecule has 0 amide bonds. The van der Waals surface area contributed by atoms with Gasteiger partial charge >= 0.3 is 0 Å². The standard InChI is InChI=1S/C17H13FN4S/c18-13-4-1-11(2-5-13)10-20-17-21-14-6-3-12(9-15(14)22-17)16-19-7-8-23-16/h1-9H,10H2,(H2,20,21,22). The van der Waals surface area contributed by atoms with Crippen LogP contribution in [0.1, 0.15) is 5.56 Å². The molecule has 0 aliphatic heterocycles. The Morgan fingerprint density at radius 2 is 2.00 bits per heavy atom. The van der Waals surface area contributed by atoms with Crippen molar-refractivity contribution in [1.29, 1.82) is 0 Å². The molecule has 0 atom stereocenters. The molecule has 0 bridgehead atoms. The lowest BCUT2D eigenvalue weighted by Crippen LogP contribution is -2.00. The molecular weight excluding hydrogens is 311 g/mol. The summed E-state index contributed by atoms with van der Waals surface area (Å²) in [6.45, 7) is 0.583. The Labute approximate surface area is 136 Å². The predicted molar refractivity (Wildman–Crippen MR) is 90.9 cm³/mol. The second-order valence-electron chi connectivity index (χ2n) is 5.13. The van der Waals surface area contributed by atoms with Gasteiger partial charge in [0.05, 0.1) is 11.0 Å². The highest BCUT2D eigenvalue weighted by Crippen LogP contribution is 2.25. The van der Waals surface area contributed by atoms with Crippen molar-refractivity contribution in [3.05, 3.63) is 65.4 Å². The Bertz CT molecular complexity index is 929. The second kappa shape index (κ2) is 5.81. The van der Waals surface area contributed by atoms with Gasteiger partial charge in [-0.3, -0.25) is 0 Å². The van der Waals surface area contributed by atoms with Crippen LogP contribution in [0.25, 0.3) is 21.6 Å². The van der Waals surface area contributed by atoms with Crippen LogP contribution in [0.5, 0.6) is 0 Å². The molecule has 4 nitrogen and oxygen atoms in total. The number of nitrogens with zero attached hydrogens (tertiary/aromatic N) is 2. The molecule has 0 aliphatic carbocycles. The number of nitrogens with one attached hydrogen (secondary N) is 2. The van der Waals surface area contributed by atoms with E-state index in [-0.39, 0.29) is 5.82 Å². The molecule has 4 aromatic rings. The molecule has 0 saturated heterocycles. The smallest absolute Gasteiger partial charge is 0.201 e. The van der Waals surface area contributed by atoms with Crippen LogP contribution in [0.2, 0.25) is 0 Å². The lowest BCUT2D eigenvalue weighted by Gasteiger charge is -2.02. The van der Waals surface area contributed by atoms with Gasteiger partial charge in [0.25, 0.3) is 0 Å². The molecule has 0 aliphatic rings. The highest BCUT2D eigenvalue weighted by atomic mass is 32.1. The van der Waals surface area contributed by atoms with Crippen LogP contribution in [0.15, 0.2) is 54.0 Å². The number of thiazole rings is 1. The summed E-state index contributed by atoms with van der Waals surface area (Å²) in [5, 5.41) is 6.17. The summed E-state index contributed by atoms with van der Waals surface area (Å²) in [6, 6.07) is 12.5. The number of hydrogen-bond acceptors (Lipinski definition) is 4. The van der Waals surface area contributed by atoms with Gasteiger partial charge in [-0.25, -0.2) is 14.4 Å². The largest absolute Gasteiger partial charge is 0.352 e. The predicted octanol–water partition coefficient (Wildman–Crippen LogP) is 4.44. The Balaban J connectivity index is 1.55. The van der Waals surface area contributed by atoms with Crippen LogP contribution < -0.4 is 5.32 Å². The fourth-order valence-corrected chi connectivity index (χ4v) is 3.02. The van der Waals surface area contributed by atoms with Gasteiger partial charge in [0, 0.05) is 23.7 Å². The number of aromatic amines is 1. The van der Waals surface area contributed by atoms with E-state index in [0.29, 0.717) is 12.5 Å². The van der Waals surface area contributed by atoms with Crippen molar-refractivity contribution >= 4 is 28.3 Å². The average Bonchev–Trinajstić information content (AvgIpc) is 3.23. The minimum atomic E-state index is -0.229. The van der Waals surface area contributed by atoms with E-state index in [0.717, 1.165) is 27.2 Å². The third-order valence-corrected chi connectivity index (χ3v) is 4.36. The molecule has 0 radical (unpaired) electrons. The van der Waals surface area contributed by atoms with Crippen molar-refractivity contribution in [2.75, 3.05) is 5.32 Å². The van der Waals surface area contributed by atoms with Crippen LogP contribution in [-0.4, -0.2) is 15.0 Å². The molecule has 23 heavy (non-hydrogen) atoms. The van der Waals surface area contributed by atoms with Gasteiger partial charge in [0.1, 0.15) is 10.8 Å². The van der Waals surface area contributed by atoms with Gasteiger partial charge in [-0.1, -0.05) is 12.1 Å². The Morgan fingerprint density at radius 3 is 2.78 bits per heavy atom. The number of rotatable bonds is 4. The van der Waals surface area contributed by atoms with Gasteiger partial charge in [0.15, 0.2) is 0 Å². The third-order valence-electron chi connectivity index (χ3n) is 3.53. The molecule has 0 saturated carbocycles. The molecule has 2 aromatic carbocycles. The molecule has 6 heteroatoms. The molecule has 0 spiro atoms. The van der Waals surface area contributed by atoms with E-state index in [9.17, 15) is 4.39 Å². The van der Waals surface area contributed by atoms with Crippen molar-refractivity contribution in [1.82, 2.24) is 15.0 Å². The first-order valence-electron chi connectivity index (χ1n) is 7.16. The van der Waals surface area contributed by atoms with Crippen LogP contribution in [-0.2, 0) is 6.54 Å². The average molecular weight is 324 g/mol. The first-order valence-corrected chi connectivity index (χ1v) is 8.04. The van der Waals surface area contributed by atoms with Crippen molar-refractivity contribution in [3.63, 3.8) is 0 Å². The topological polar surface area (TPSA) is 53.6 Å². The van der Waals surface area contributed by atoms with E-state index < -0.39 is 0 Å². The normalized spacial score (nSPS) is 11.0. The number of imidazole rings is 1. The molecular formula is C17H13FN4S. The van der Waals surface area contributed by atoms with E-state index in [1.807, 2.05) is 23.6 Å². The first kappa shape index (κ1) is 13.9. The van der Waals surface area contributed by atoms with Crippen molar-refractivity contribution < 1.29 is 4.39 Å². The Morgan fingerprint density at radius 1 is 1.13 bits per heavy atom. The molecule has 2 heterocycles. The summed E-state index contributed by atoms with van der Waals surface area (Å²) in [6.07, 6.45) is 1.80. The lowest BCUT2D eigenvalue weighted by atomic mass is 10.2. The zero-order valence-corrected chi connectivity index (χ0v) is 12.9. The monoisotopic (exact) mass is 324 g/mol. The maximum atomic E-state index is 12.9. The number of H-pyrrole nitrogens is 1. The van der Waals surface area contributed by atoms with Crippen LogP contribution in [0, 0.1) is 5.82 Å². The maximum Gasteiger partial charge on any atom is 0.201 e. The number of hydrogen-bond donors (Lipinski definition) is 2. The van der Waals surface area contributed by atoms with E-state index in [1.54, 1.807) is 29.7 Å². The van der Waals surface area contributed by atoms with Gasteiger partial charge in [-0.15, -0.1) is 11.3 Å². The van der Waals surface area contributed by atoms with E-state index >= 15 is 0 Å². The summed E-state index contributed by atoms with van der Waals surface area (Å²) in [7, 11) is 0. The first-order chi connectivity index (χ1) is 11.3.